The van der Waals surface area contributed by atoms with Crippen molar-refractivity contribution in [3.63, 3.8) is 0 Å². The molecular formula is C25H38O6. The van der Waals surface area contributed by atoms with Crippen molar-refractivity contribution in [1.82, 2.24) is 0 Å². The third-order valence-electron chi connectivity index (χ3n) is 6.46. The summed E-state index contributed by atoms with van der Waals surface area (Å²) >= 11 is 0. The van der Waals surface area contributed by atoms with Crippen molar-refractivity contribution < 1.29 is 29.0 Å². The van der Waals surface area contributed by atoms with Crippen LogP contribution in [0, 0.1) is 29.6 Å². The lowest BCUT2D eigenvalue weighted by atomic mass is 9.83. The predicted molar refractivity (Wildman–Crippen MR) is 119 cm³/mol. The van der Waals surface area contributed by atoms with Crippen molar-refractivity contribution in [3.05, 3.63) is 24.3 Å². The van der Waals surface area contributed by atoms with Crippen molar-refractivity contribution in [2.24, 2.45) is 29.6 Å². The van der Waals surface area contributed by atoms with Gasteiger partial charge in [0.15, 0.2) is 0 Å². The summed E-state index contributed by atoms with van der Waals surface area (Å²) in [7, 11) is 1.39. The molecule has 0 radical (unpaired) electrons. The number of esters is 1. The van der Waals surface area contributed by atoms with E-state index in [9.17, 15) is 19.2 Å². The Morgan fingerprint density at radius 1 is 1.13 bits per heavy atom. The molecule has 0 spiro atoms. The van der Waals surface area contributed by atoms with Gasteiger partial charge in [-0.15, -0.1) is 0 Å². The van der Waals surface area contributed by atoms with Crippen molar-refractivity contribution in [2.75, 3.05) is 7.11 Å². The smallest absolute Gasteiger partial charge is 0.306 e. The fourth-order valence-corrected chi connectivity index (χ4v) is 4.55. The van der Waals surface area contributed by atoms with Crippen molar-refractivity contribution >= 4 is 23.5 Å². The number of aliphatic carboxylic acids is 1. The number of rotatable bonds is 9. The van der Waals surface area contributed by atoms with Crippen LogP contribution in [0.3, 0.4) is 0 Å². The van der Waals surface area contributed by atoms with E-state index in [1.165, 1.54) is 7.11 Å². The summed E-state index contributed by atoms with van der Waals surface area (Å²) in [6, 6.07) is 0. The number of hydrogen-bond donors (Lipinski definition) is 1. The van der Waals surface area contributed by atoms with Crippen LogP contribution in [0.4, 0.5) is 0 Å². The Morgan fingerprint density at radius 3 is 2.42 bits per heavy atom. The molecule has 2 aliphatic carbocycles. The second-order valence-corrected chi connectivity index (χ2v) is 8.57. The normalized spacial score (nSPS) is 26.8. The molecule has 2 fully saturated rings. The molecule has 174 valence electrons. The molecule has 0 heterocycles. The lowest BCUT2D eigenvalue weighted by molar-refractivity contribution is -0.144. The minimum atomic E-state index is -0.792. The third-order valence-corrected chi connectivity index (χ3v) is 6.46. The zero-order chi connectivity index (χ0) is 23.4. The number of allylic oxidation sites excluding steroid dienone is 4. The molecule has 6 nitrogen and oxygen atoms in total. The number of ketones is 2. The van der Waals surface area contributed by atoms with Gasteiger partial charge in [-0.25, -0.2) is 0 Å². The van der Waals surface area contributed by atoms with E-state index in [0.717, 1.165) is 25.7 Å². The second-order valence-electron chi connectivity index (χ2n) is 8.57. The maximum atomic E-state index is 11.7. The van der Waals surface area contributed by atoms with Crippen LogP contribution in [0.2, 0.25) is 0 Å². The number of carboxylic acids is 1. The van der Waals surface area contributed by atoms with Gasteiger partial charge in [0.1, 0.15) is 11.6 Å². The highest BCUT2D eigenvalue weighted by Crippen LogP contribution is 2.37. The van der Waals surface area contributed by atoms with Gasteiger partial charge in [-0.2, -0.15) is 0 Å². The standard InChI is InChI=1S/C13H20O3.C12H18O3/c1-3-4-5-6-11-10(7-8-12(11)14)9-13(15)16-2;1-3-4-5-9-6-10(13)7-11(9)8(2)12(14)15/h4-5,10-11H,3,6-9H2,1-2H3;3-4,8-9,11H,5-7H2,1-2H3,(H,14,15)/b5-4-;4-3-. The molecule has 2 rings (SSSR count). The van der Waals surface area contributed by atoms with E-state index in [2.05, 4.69) is 23.8 Å². The molecule has 2 saturated carbocycles. The topological polar surface area (TPSA) is 97.7 Å². The van der Waals surface area contributed by atoms with Crippen LogP contribution >= 0.6 is 0 Å². The zero-order valence-electron chi connectivity index (χ0n) is 19.3. The Bertz CT molecular complexity index is 677. The van der Waals surface area contributed by atoms with Crippen LogP contribution < -0.4 is 0 Å². The first-order valence-electron chi connectivity index (χ1n) is 11.3. The summed E-state index contributed by atoms with van der Waals surface area (Å²) in [4.78, 5) is 45.1. The van der Waals surface area contributed by atoms with E-state index >= 15 is 0 Å². The van der Waals surface area contributed by atoms with Crippen molar-refractivity contribution in [3.8, 4) is 0 Å². The maximum Gasteiger partial charge on any atom is 0.306 e. The van der Waals surface area contributed by atoms with Crippen LogP contribution in [0.1, 0.15) is 72.1 Å². The lowest BCUT2D eigenvalue weighted by Gasteiger charge is -2.20. The minimum absolute atomic E-state index is 0.0196. The lowest BCUT2D eigenvalue weighted by Crippen LogP contribution is -2.23. The third kappa shape index (κ3) is 8.80. The Balaban J connectivity index is 0.000000311. The Kier molecular flexibility index (Phi) is 12.1. The molecule has 0 aliphatic heterocycles. The number of carbonyl (C=O) groups excluding carboxylic acids is 3. The van der Waals surface area contributed by atoms with Gasteiger partial charge in [-0.3, -0.25) is 19.2 Å². The first-order chi connectivity index (χ1) is 14.7. The summed E-state index contributed by atoms with van der Waals surface area (Å²) in [6.07, 6.45) is 13.5. The number of ether oxygens (including phenoxy) is 1. The van der Waals surface area contributed by atoms with E-state index in [4.69, 9.17) is 5.11 Å². The molecule has 0 aromatic rings. The molecule has 0 aromatic heterocycles. The van der Waals surface area contributed by atoms with E-state index in [1.54, 1.807) is 6.92 Å². The fraction of sp³-hybridized carbons (Fsp3) is 0.680. The largest absolute Gasteiger partial charge is 0.481 e. The van der Waals surface area contributed by atoms with Gasteiger partial charge in [0.05, 0.1) is 13.0 Å². The molecule has 0 saturated heterocycles. The highest BCUT2D eigenvalue weighted by molar-refractivity contribution is 5.84. The number of methoxy groups -OCH3 is 1. The zero-order valence-corrected chi connectivity index (χ0v) is 19.3. The monoisotopic (exact) mass is 434 g/mol. The highest BCUT2D eigenvalue weighted by Gasteiger charge is 2.38. The van der Waals surface area contributed by atoms with Crippen LogP contribution in [0.25, 0.3) is 0 Å². The van der Waals surface area contributed by atoms with Gasteiger partial charge >= 0.3 is 11.9 Å². The van der Waals surface area contributed by atoms with Gasteiger partial charge in [0.2, 0.25) is 0 Å². The number of carboxylic acid groups (broad SMARTS) is 1. The van der Waals surface area contributed by atoms with Crippen LogP contribution in [0.15, 0.2) is 24.3 Å². The molecule has 0 aromatic carbocycles. The summed E-state index contributed by atoms with van der Waals surface area (Å²) in [5.74, 6) is -0.442. The van der Waals surface area contributed by atoms with E-state index in [0.29, 0.717) is 31.5 Å². The van der Waals surface area contributed by atoms with E-state index in [1.807, 2.05) is 19.1 Å². The van der Waals surface area contributed by atoms with Crippen LogP contribution in [-0.2, 0) is 23.9 Å². The van der Waals surface area contributed by atoms with Gasteiger partial charge in [0.25, 0.3) is 0 Å². The minimum Gasteiger partial charge on any atom is -0.481 e. The van der Waals surface area contributed by atoms with E-state index < -0.39 is 11.9 Å². The van der Waals surface area contributed by atoms with Crippen LogP contribution in [-0.4, -0.2) is 35.7 Å². The van der Waals surface area contributed by atoms with E-state index in [-0.39, 0.29) is 35.4 Å². The SMILES string of the molecule is C/C=C\CC1CC(=O)CC1C(C)C(=O)O.CC/C=C\CC1C(=O)CCC1CC(=O)OC. The summed E-state index contributed by atoms with van der Waals surface area (Å²) in [5, 5.41) is 8.94. The summed E-state index contributed by atoms with van der Waals surface area (Å²) in [6.45, 7) is 5.71. The van der Waals surface area contributed by atoms with Crippen LogP contribution in [0.5, 0.6) is 0 Å². The van der Waals surface area contributed by atoms with Crippen molar-refractivity contribution in [2.45, 2.75) is 72.1 Å². The summed E-state index contributed by atoms with van der Waals surface area (Å²) in [5.41, 5.74) is 0. The number of carbonyl (C=O) groups is 4. The molecule has 31 heavy (non-hydrogen) atoms. The average molecular weight is 435 g/mol. The molecular weight excluding hydrogens is 396 g/mol. The molecule has 5 atom stereocenters. The number of hydrogen-bond acceptors (Lipinski definition) is 5. The quantitative estimate of drug-likeness (QED) is 0.415. The van der Waals surface area contributed by atoms with Gasteiger partial charge in [-0.1, -0.05) is 38.2 Å². The molecule has 0 bridgehead atoms. The van der Waals surface area contributed by atoms with Crippen molar-refractivity contribution in [1.29, 1.82) is 0 Å². The molecule has 5 unspecified atom stereocenters. The molecule has 0 amide bonds. The first kappa shape index (κ1) is 26.8. The first-order valence-corrected chi connectivity index (χ1v) is 11.3. The highest BCUT2D eigenvalue weighted by atomic mass is 16.5. The van der Waals surface area contributed by atoms with Gasteiger partial charge in [0, 0.05) is 31.6 Å². The van der Waals surface area contributed by atoms with Gasteiger partial charge < -0.3 is 9.84 Å². The molecule has 2 aliphatic rings. The number of Topliss-reactive ketones (excluding diaryl/α,β-unsaturated/α-hetero) is 2. The Labute approximate surface area is 186 Å². The summed E-state index contributed by atoms with van der Waals surface area (Å²) < 4.78 is 4.65. The molecule has 6 heteroatoms. The average Bonchev–Trinajstić information content (AvgIpc) is 3.28. The fourth-order valence-electron chi connectivity index (χ4n) is 4.55. The Morgan fingerprint density at radius 2 is 1.84 bits per heavy atom. The second kappa shape index (κ2) is 13.9. The maximum absolute atomic E-state index is 11.7. The predicted octanol–water partition coefficient (Wildman–Crippen LogP) is 4.77. The Hall–Kier alpha value is -2.24. The molecule has 1 N–H and O–H groups in total. The van der Waals surface area contributed by atoms with Gasteiger partial charge in [-0.05, 0) is 50.4 Å².